The van der Waals surface area contributed by atoms with E-state index in [-0.39, 0.29) is 8.90 Å². The average Bonchev–Trinajstić information content (AvgIpc) is 2.79. The Hall–Kier alpha value is -3.78. The Kier molecular flexibility index (Phi) is 7.45. The van der Waals surface area contributed by atoms with Crippen molar-refractivity contribution in [2.75, 3.05) is 24.4 Å². The molecule has 158 valence electrons. The third-order valence-corrected chi connectivity index (χ3v) is 4.41. The summed E-state index contributed by atoms with van der Waals surface area (Å²) < 4.78 is 5.23. The van der Waals surface area contributed by atoms with Crippen molar-refractivity contribution in [2.24, 2.45) is 0 Å². The molecule has 0 aliphatic carbocycles. The highest BCUT2D eigenvalue weighted by atomic mass is 16.5. The first-order valence-corrected chi connectivity index (χ1v) is 9.44. The van der Waals surface area contributed by atoms with Crippen LogP contribution in [0.3, 0.4) is 0 Å². The molecule has 1 atom stereocenters. The van der Waals surface area contributed by atoms with E-state index in [2.05, 4.69) is 25.9 Å². The number of nitrogens with one attached hydrogen (secondary N) is 4. The highest BCUT2D eigenvalue weighted by molar-refractivity contribution is 5.92. The average molecular weight is 409 g/mol. The number of hydrogen-bond donors (Lipinski definition) is 4. The summed E-state index contributed by atoms with van der Waals surface area (Å²) in [6, 6.07) is 14.4. The predicted molar refractivity (Wildman–Crippen MR) is 121 cm³/mol. The number of rotatable bonds is 9. The number of aromatic nitrogens is 2. The number of carbonyl (C=O) groups is 1. The number of carbonyl (C=O) groups excluding carboxylic acids is 1. The summed E-state index contributed by atoms with van der Waals surface area (Å²) in [7, 11) is 1.59. The lowest BCUT2D eigenvalue weighted by Gasteiger charge is -2.19. The molecule has 0 aliphatic rings. The molecule has 2 amide bonds. The van der Waals surface area contributed by atoms with E-state index in [4.69, 9.17) is 10.1 Å². The maximum atomic E-state index is 12.5. The van der Waals surface area contributed by atoms with Crippen molar-refractivity contribution in [1.29, 1.82) is 5.41 Å². The molecule has 0 bridgehead atoms. The number of benzene rings is 1. The lowest BCUT2D eigenvalue weighted by molar-refractivity contribution is 0.168. The largest absolute Gasteiger partial charge is 0.382 e. The minimum atomic E-state index is -0.401. The lowest BCUT2D eigenvalue weighted by Crippen LogP contribution is -2.35. The number of urea groups is 1. The third-order valence-electron chi connectivity index (χ3n) is 4.41. The smallest absolute Gasteiger partial charge is 0.320 e. The first-order valence-electron chi connectivity index (χ1n) is 9.44. The highest BCUT2D eigenvalue weighted by Gasteiger charge is 2.15. The molecule has 3 rings (SSSR count). The molecule has 0 saturated carbocycles. The van der Waals surface area contributed by atoms with E-state index < -0.39 is 6.03 Å². The van der Waals surface area contributed by atoms with E-state index >= 15 is 0 Å². The Morgan fingerprint density at radius 1 is 1.23 bits per heavy atom. The second-order valence-corrected chi connectivity index (χ2v) is 6.53. The van der Waals surface area contributed by atoms with Gasteiger partial charge in [0.2, 0.25) is 0 Å². The van der Waals surface area contributed by atoms with Crippen LogP contribution in [-0.2, 0) is 11.3 Å². The summed E-state index contributed by atoms with van der Waals surface area (Å²) in [5.41, 5.74) is 3.33. The zero-order valence-corrected chi connectivity index (χ0v) is 16.6. The number of amides is 2. The molecule has 2 heterocycles. The van der Waals surface area contributed by atoms with Crippen LogP contribution < -0.4 is 16.0 Å². The maximum absolute atomic E-state index is 12.5. The summed E-state index contributed by atoms with van der Waals surface area (Å²) in [4.78, 5) is 20.7. The van der Waals surface area contributed by atoms with Crippen molar-refractivity contribution < 1.29 is 12.4 Å². The van der Waals surface area contributed by atoms with Crippen LogP contribution in [0.1, 0.15) is 25.6 Å². The molecule has 0 fully saturated rings. The Balaban J connectivity index is 0.00000256. The van der Waals surface area contributed by atoms with Gasteiger partial charge in [0, 0.05) is 40.7 Å². The first-order chi connectivity index (χ1) is 14.7. The highest BCUT2D eigenvalue weighted by Crippen LogP contribution is 2.18. The fraction of sp³-hybridized carbons (Fsp3) is 0.182. The molecule has 30 heavy (non-hydrogen) atoms. The Bertz CT molecular complexity index is 977. The van der Waals surface area contributed by atoms with Crippen molar-refractivity contribution in [2.45, 2.75) is 12.6 Å². The van der Waals surface area contributed by atoms with Gasteiger partial charge in [-0.15, -0.1) is 0 Å². The second kappa shape index (κ2) is 10.7. The van der Waals surface area contributed by atoms with Gasteiger partial charge in [-0.25, -0.2) is 9.78 Å². The molecule has 0 spiro atoms. The standard InChI is InChI=1S/C22H24N6O2.2H2/c1-30-15-20(17-5-3-2-4-6-17)27-22(29)28-21-11-18(12-23)19(14-26-21)25-13-16-7-9-24-10-8-16;;/h2-12,14,20,23,25H,13,15H2,1H3,(H2,26,27,28,29);2*1H/t20-;;/m1../s1. The molecule has 2 aromatic heterocycles. The fourth-order valence-electron chi connectivity index (χ4n) is 2.89. The zero-order valence-electron chi connectivity index (χ0n) is 16.6. The van der Waals surface area contributed by atoms with Crippen molar-refractivity contribution in [3.8, 4) is 0 Å². The van der Waals surface area contributed by atoms with Crippen LogP contribution in [0.5, 0.6) is 0 Å². The van der Waals surface area contributed by atoms with Gasteiger partial charge in [0.1, 0.15) is 5.82 Å². The predicted octanol–water partition coefficient (Wildman–Crippen LogP) is 4.09. The zero-order chi connectivity index (χ0) is 21.2. The fourth-order valence-corrected chi connectivity index (χ4v) is 2.89. The van der Waals surface area contributed by atoms with Crippen LogP contribution in [0.2, 0.25) is 0 Å². The Morgan fingerprint density at radius 3 is 2.70 bits per heavy atom. The van der Waals surface area contributed by atoms with Crippen LogP contribution in [0.15, 0.2) is 67.1 Å². The van der Waals surface area contributed by atoms with Gasteiger partial charge in [-0.2, -0.15) is 0 Å². The third kappa shape index (κ3) is 5.86. The topological polar surface area (TPSA) is 112 Å². The summed E-state index contributed by atoms with van der Waals surface area (Å²) >= 11 is 0. The van der Waals surface area contributed by atoms with E-state index in [0.717, 1.165) is 11.1 Å². The van der Waals surface area contributed by atoms with Gasteiger partial charge >= 0.3 is 6.03 Å². The summed E-state index contributed by atoms with van der Waals surface area (Å²) in [5, 5.41) is 16.5. The van der Waals surface area contributed by atoms with Gasteiger partial charge in [-0.1, -0.05) is 30.3 Å². The summed E-state index contributed by atoms with van der Waals surface area (Å²) in [5.74, 6) is 0.352. The van der Waals surface area contributed by atoms with E-state index in [9.17, 15) is 4.79 Å². The number of nitrogens with zero attached hydrogens (tertiary/aromatic N) is 2. The molecule has 0 unspecified atom stereocenters. The normalized spacial score (nSPS) is 11.4. The van der Waals surface area contributed by atoms with E-state index in [1.54, 1.807) is 31.8 Å². The van der Waals surface area contributed by atoms with E-state index in [1.165, 1.54) is 6.21 Å². The van der Waals surface area contributed by atoms with Gasteiger partial charge in [0.05, 0.1) is 24.5 Å². The van der Waals surface area contributed by atoms with Gasteiger partial charge in [0.25, 0.3) is 0 Å². The molecule has 4 N–H and O–H groups in total. The van der Waals surface area contributed by atoms with Crippen LogP contribution in [0, 0.1) is 5.41 Å². The molecule has 3 aromatic rings. The van der Waals surface area contributed by atoms with Crippen LogP contribution >= 0.6 is 0 Å². The van der Waals surface area contributed by atoms with Crippen molar-refractivity contribution in [3.05, 3.63) is 83.8 Å². The second-order valence-electron chi connectivity index (χ2n) is 6.53. The van der Waals surface area contributed by atoms with Crippen LogP contribution in [0.4, 0.5) is 16.3 Å². The van der Waals surface area contributed by atoms with Crippen LogP contribution in [-0.4, -0.2) is 35.9 Å². The van der Waals surface area contributed by atoms with Crippen molar-refractivity contribution >= 4 is 23.8 Å². The number of anilines is 2. The molecule has 1 aromatic carbocycles. The lowest BCUT2D eigenvalue weighted by atomic mass is 10.1. The van der Waals surface area contributed by atoms with Gasteiger partial charge < -0.3 is 20.8 Å². The number of pyridine rings is 2. The Morgan fingerprint density at radius 2 is 2.00 bits per heavy atom. The molecule has 0 radical (unpaired) electrons. The molecular weight excluding hydrogens is 380 g/mol. The number of ether oxygens (including phenoxy) is 1. The molecule has 8 nitrogen and oxygen atoms in total. The number of hydrogen-bond acceptors (Lipinski definition) is 6. The summed E-state index contributed by atoms with van der Waals surface area (Å²) in [6.07, 6.45) is 6.27. The number of methoxy groups -OCH3 is 1. The molecule has 8 heteroatoms. The minimum absolute atomic E-state index is 0. The van der Waals surface area contributed by atoms with Crippen molar-refractivity contribution in [1.82, 2.24) is 15.3 Å². The van der Waals surface area contributed by atoms with Gasteiger partial charge in [-0.05, 0) is 29.3 Å². The minimum Gasteiger partial charge on any atom is -0.382 e. The molecule has 0 aliphatic heterocycles. The summed E-state index contributed by atoms with van der Waals surface area (Å²) in [6.45, 7) is 0.919. The van der Waals surface area contributed by atoms with E-state index in [0.29, 0.717) is 30.2 Å². The quantitative estimate of drug-likeness (QED) is 0.399. The van der Waals surface area contributed by atoms with Gasteiger partial charge in [0.15, 0.2) is 0 Å². The first kappa shape index (κ1) is 20.9. The van der Waals surface area contributed by atoms with Crippen LogP contribution in [0.25, 0.3) is 0 Å². The maximum Gasteiger partial charge on any atom is 0.320 e. The molecular formula is C22H28N6O2. The van der Waals surface area contributed by atoms with Crippen molar-refractivity contribution in [3.63, 3.8) is 0 Å². The monoisotopic (exact) mass is 408 g/mol. The van der Waals surface area contributed by atoms with Gasteiger partial charge in [-0.3, -0.25) is 10.3 Å². The van der Waals surface area contributed by atoms with E-state index in [1.807, 2.05) is 42.5 Å². The molecule has 0 saturated heterocycles. The SMILES string of the molecule is COC[C@@H](NC(=O)Nc1cc(C=N)c(NCc2ccncc2)cn1)c1ccccc1.[HH].[HH]. The Labute approximate surface area is 178 Å².